The molecule has 6 nitrogen and oxygen atoms in total. The van der Waals surface area contributed by atoms with E-state index in [4.69, 9.17) is 0 Å². The molecule has 0 aromatic carbocycles. The molecule has 31 heavy (non-hydrogen) atoms. The first kappa shape index (κ1) is 27.2. The number of nitrogens with one attached hydrogen (secondary N) is 1. The van der Waals surface area contributed by atoms with Crippen molar-refractivity contribution >= 4 is 17.8 Å². The van der Waals surface area contributed by atoms with Gasteiger partial charge in [-0.3, -0.25) is 9.59 Å². The Labute approximate surface area is 188 Å². The number of likely N-dealkylation sites (N-methyl/N-ethyl adjacent to an activating group) is 1. The maximum absolute atomic E-state index is 13.5. The standard InChI is InChI=1S/C25H44N2O4/c1-9-17(6)21(14-18(7)25(30)31)27(8)24(29)22(16(4)5)26-23(28)20-13-11-10-12-19(20)15(2)3/h14-17,19-22H,9-13H2,1-8H3,(H,26,28)(H,30,31)/b18-14+/t17-,19?,20-,21+,22?/m0/s1. The van der Waals surface area contributed by atoms with E-state index in [9.17, 15) is 19.5 Å². The number of aliphatic carboxylic acids is 1. The zero-order valence-corrected chi connectivity index (χ0v) is 20.8. The second-order valence-electron chi connectivity index (χ2n) is 10.0. The first-order valence-corrected chi connectivity index (χ1v) is 11.9. The van der Waals surface area contributed by atoms with E-state index >= 15 is 0 Å². The molecule has 6 heteroatoms. The summed E-state index contributed by atoms with van der Waals surface area (Å²) in [6.45, 7) is 13.8. The Bertz CT molecular complexity index is 656. The Balaban J connectivity index is 3.09. The SMILES string of the molecule is CC[C@H](C)[C@@H](/C=C(\C)C(=O)O)N(C)C(=O)C(NC(=O)[C@H]1CCCCC1C(C)C)C(C)C. The summed E-state index contributed by atoms with van der Waals surface area (Å²) in [6.07, 6.45) is 6.61. The number of rotatable bonds is 10. The van der Waals surface area contributed by atoms with E-state index in [0.717, 1.165) is 32.1 Å². The van der Waals surface area contributed by atoms with Crippen LogP contribution in [0.4, 0.5) is 0 Å². The van der Waals surface area contributed by atoms with Crippen molar-refractivity contribution in [2.45, 2.75) is 92.7 Å². The van der Waals surface area contributed by atoms with Crippen molar-refractivity contribution in [3.05, 3.63) is 11.6 Å². The quantitative estimate of drug-likeness (QED) is 0.494. The Morgan fingerprint density at radius 1 is 1.10 bits per heavy atom. The predicted molar refractivity (Wildman–Crippen MR) is 124 cm³/mol. The topological polar surface area (TPSA) is 86.7 Å². The maximum Gasteiger partial charge on any atom is 0.331 e. The van der Waals surface area contributed by atoms with Gasteiger partial charge < -0.3 is 15.3 Å². The highest BCUT2D eigenvalue weighted by Gasteiger charge is 2.37. The summed E-state index contributed by atoms with van der Waals surface area (Å²) in [4.78, 5) is 39.7. The van der Waals surface area contributed by atoms with Gasteiger partial charge in [-0.25, -0.2) is 4.79 Å². The molecule has 0 heterocycles. The van der Waals surface area contributed by atoms with Gasteiger partial charge >= 0.3 is 5.97 Å². The van der Waals surface area contributed by atoms with Crippen LogP contribution in [0.15, 0.2) is 11.6 Å². The number of carbonyl (C=O) groups is 3. The van der Waals surface area contributed by atoms with Crippen LogP contribution >= 0.6 is 0 Å². The van der Waals surface area contributed by atoms with E-state index < -0.39 is 12.0 Å². The van der Waals surface area contributed by atoms with Crippen LogP contribution in [0.3, 0.4) is 0 Å². The van der Waals surface area contributed by atoms with Gasteiger partial charge in [-0.15, -0.1) is 0 Å². The van der Waals surface area contributed by atoms with Gasteiger partial charge in [0.1, 0.15) is 6.04 Å². The highest BCUT2D eigenvalue weighted by molar-refractivity contribution is 5.89. The van der Waals surface area contributed by atoms with Crippen molar-refractivity contribution in [2.24, 2.45) is 29.6 Å². The van der Waals surface area contributed by atoms with Crippen LogP contribution in [0.1, 0.15) is 80.6 Å². The van der Waals surface area contributed by atoms with E-state index in [1.807, 2.05) is 27.7 Å². The highest BCUT2D eigenvalue weighted by Crippen LogP contribution is 2.35. The average molecular weight is 437 g/mol. The van der Waals surface area contributed by atoms with E-state index in [2.05, 4.69) is 19.2 Å². The van der Waals surface area contributed by atoms with Crippen LogP contribution in [-0.4, -0.2) is 46.9 Å². The van der Waals surface area contributed by atoms with Gasteiger partial charge in [0.05, 0.1) is 6.04 Å². The molecule has 2 unspecified atom stereocenters. The molecule has 0 aromatic rings. The summed E-state index contributed by atoms with van der Waals surface area (Å²) in [6, 6.07) is -0.970. The molecule has 1 saturated carbocycles. The number of carbonyl (C=O) groups excluding carboxylic acids is 2. The molecule has 0 bridgehead atoms. The van der Waals surface area contributed by atoms with E-state index in [1.165, 1.54) is 0 Å². The predicted octanol–water partition coefficient (Wildman–Crippen LogP) is 4.49. The summed E-state index contributed by atoms with van der Waals surface area (Å²) in [7, 11) is 1.71. The highest BCUT2D eigenvalue weighted by atomic mass is 16.4. The Hall–Kier alpha value is -1.85. The van der Waals surface area contributed by atoms with Gasteiger partial charge in [0.2, 0.25) is 11.8 Å². The molecule has 2 N–H and O–H groups in total. The number of amides is 2. The molecule has 0 saturated heterocycles. The molecule has 0 radical (unpaired) electrons. The largest absolute Gasteiger partial charge is 0.478 e. The molecule has 178 valence electrons. The Kier molecular flexibility index (Phi) is 10.7. The second-order valence-corrected chi connectivity index (χ2v) is 10.0. The summed E-state index contributed by atoms with van der Waals surface area (Å²) < 4.78 is 0. The molecule has 1 aliphatic carbocycles. The fraction of sp³-hybridized carbons (Fsp3) is 0.800. The number of carboxylic acids is 1. The molecule has 2 amide bonds. The lowest BCUT2D eigenvalue weighted by Crippen LogP contribution is -2.55. The first-order chi connectivity index (χ1) is 14.4. The van der Waals surface area contributed by atoms with Gasteiger partial charge in [-0.2, -0.15) is 0 Å². The minimum Gasteiger partial charge on any atom is -0.478 e. The van der Waals surface area contributed by atoms with E-state index in [1.54, 1.807) is 24.9 Å². The van der Waals surface area contributed by atoms with Crippen LogP contribution < -0.4 is 5.32 Å². The molecule has 0 aromatic heterocycles. The molecule has 0 aliphatic heterocycles. The lowest BCUT2D eigenvalue weighted by Gasteiger charge is -2.37. The van der Waals surface area contributed by atoms with Crippen molar-refractivity contribution in [3.63, 3.8) is 0 Å². The van der Waals surface area contributed by atoms with Gasteiger partial charge in [-0.05, 0) is 43.4 Å². The summed E-state index contributed by atoms with van der Waals surface area (Å²) in [5.74, 6) is -0.407. The van der Waals surface area contributed by atoms with Crippen molar-refractivity contribution in [3.8, 4) is 0 Å². The third kappa shape index (κ3) is 7.36. The zero-order valence-electron chi connectivity index (χ0n) is 20.8. The van der Waals surface area contributed by atoms with Gasteiger partial charge in [0.15, 0.2) is 0 Å². The van der Waals surface area contributed by atoms with E-state index in [0.29, 0.717) is 11.8 Å². The summed E-state index contributed by atoms with van der Waals surface area (Å²) in [5, 5.41) is 12.4. The minimum absolute atomic E-state index is 0.0174. The third-order valence-electron chi connectivity index (χ3n) is 7.02. The smallest absolute Gasteiger partial charge is 0.331 e. The van der Waals surface area contributed by atoms with Crippen molar-refractivity contribution < 1.29 is 19.5 Å². The fourth-order valence-corrected chi connectivity index (χ4v) is 4.65. The van der Waals surface area contributed by atoms with Crippen molar-refractivity contribution in [2.75, 3.05) is 7.05 Å². The lowest BCUT2D eigenvalue weighted by atomic mass is 9.73. The van der Waals surface area contributed by atoms with E-state index in [-0.39, 0.29) is 41.2 Å². The second kappa shape index (κ2) is 12.3. The van der Waals surface area contributed by atoms with Gasteiger partial charge in [0.25, 0.3) is 0 Å². The molecule has 1 aliphatic rings. The summed E-state index contributed by atoms with van der Waals surface area (Å²) >= 11 is 0. The Morgan fingerprint density at radius 3 is 2.16 bits per heavy atom. The number of nitrogens with zero attached hydrogens (tertiary/aromatic N) is 1. The average Bonchev–Trinajstić information content (AvgIpc) is 2.73. The van der Waals surface area contributed by atoms with Gasteiger partial charge in [-0.1, -0.05) is 66.9 Å². The minimum atomic E-state index is -0.986. The van der Waals surface area contributed by atoms with Crippen molar-refractivity contribution in [1.29, 1.82) is 0 Å². The van der Waals surface area contributed by atoms with Crippen molar-refractivity contribution in [1.82, 2.24) is 10.2 Å². The van der Waals surface area contributed by atoms with Crippen LogP contribution in [0, 0.1) is 29.6 Å². The zero-order chi connectivity index (χ0) is 23.9. The first-order valence-electron chi connectivity index (χ1n) is 11.9. The molecular formula is C25H44N2O4. The normalized spacial score (nSPS) is 22.7. The molecule has 0 spiro atoms. The van der Waals surface area contributed by atoms with Crippen LogP contribution in [0.5, 0.6) is 0 Å². The molecule has 1 fully saturated rings. The number of hydrogen-bond acceptors (Lipinski definition) is 3. The third-order valence-corrected chi connectivity index (χ3v) is 7.02. The Morgan fingerprint density at radius 2 is 1.68 bits per heavy atom. The maximum atomic E-state index is 13.5. The fourth-order valence-electron chi connectivity index (χ4n) is 4.65. The van der Waals surface area contributed by atoms with Crippen LogP contribution in [0.25, 0.3) is 0 Å². The monoisotopic (exact) mass is 436 g/mol. The van der Waals surface area contributed by atoms with Crippen LogP contribution in [-0.2, 0) is 14.4 Å². The molecule has 5 atom stereocenters. The summed E-state index contributed by atoms with van der Waals surface area (Å²) in [5.41, 5.74) is 0.220. The molecule has 1 rings (SSSR count). The number of hydrogen-bond donors (Lipinski definition) is 2. The van der Waals surface area contributed by atoms with Crippen LogP contribution in [0.2, 0.25) is 0 Å². The lowest BCUT2D eigenvalue weighted by molar-refractivity contribution is -0.140. The van der Waals surface area contributed by atoms with Gasteiger partial charge in [0, 0.05) is 18.5 Å². The molecular weight excluding hydrogens is 392 g/mol. The number of carboxylic acid groups (broad SMARTS) is 1.